The van der Waals surface area contributed by atoms with Crippen LogP contribution >= 0.6 is 11.3 Å². The third kappa shape index (κ3) is 7.07. The van der Waals surface area contributed by atoms with Crippen LogP contribution < -0.4 is 10.5 Å². The van der Waals surface area contributed by atoms with Crippen molar-refractivity contribution in [2.75, 3.05) is 13.1 Å². The van der Waals surface area contributed by atoms with Gasteiger partial charge in [0.2, 0.25) is 5.91 Å². The molecule has 8 nitrogen and oxygen atoms in total. The highest BCUT2D eigenvalue weighted by atomic mass is 32.1. The summed E-state index contributed by atoms with van der Waals surface area (Å²) in [5.41, 5.74) is 7.65. The number of rotatable bonds is 12. The predicted molar refractivity (Wildman–Crippen MR) is 140 cm³/mol. The van der Waals surface area contributed by atoms with Crippen molar-refractivity contribution in [3.8, 4) is 5.75 Å². The number of hydrogen-bond acceptors (Lipinski definition) is 7. The third-order valence-corrected chi connectivity index (χ3v) is 7.14. The second-order valence-electron chi connectivity index (χ2n) is 9.92. The number of nitrogens with zero attached hydrogens (tertiary/aromatic N) is 2. The summed E-state index contributed by atoms with van der Waals surface area (Å²) < 4.78 is 11.3. The SMILES string of the molecule is CCN(CC)Cc1ccc(OCc2scc3c2CN(C(CCC(=O)OC(C)(C)C)C(N)=O)C3=O)cc1. The van der Waals surface area contributed by atoms with Crippen molar-refractivity contribution in [3.63, 3.8) is 0 Å². The lowest BCUT2D eigenvalue weighted by Crippen LogP contribution is -2.45. The highest BCUT2D eigenvalue weighted by Crippen LogP contribution is 2.34. The molecule has 2 heterocycles. The quantitative estimate of drug-likeness (QED) is 0.427. The maximum atomic E-state index is 13.0. The van der Waals surface area contributed by atoms with Crippen LogP contribution in [-0.4, -0.2) is 52.3 Å². The first kappa shape index (κ1) is 27.7. The van der Waals surface area contributed by atoms with Crippen molar-refractivity contribution in [3.05, 3.63) is 51.2 Å². The Morgan fingerprint density at radius 3 is 2.42 bits per heavy atom. The van der Waals surface area contributed by atoms with Gasteiger partial charge >= 0.3 is 5.97 Å². The molecule has 0 fully saturated rings. The van der Waals surface area contributed by atoms with E-state index in [-0.39, 0.29) is 25.3 Å². The number of carbonyl (C=O) groups excluding carboxylic acids is 3. The molecule has 1 aromatic heterocycles. The van der Waals surface area contributed by atoms with E-state index in [0.29, 0.717) is 12.2 Å². The van der Waals surface area contributed by atoms with E-state index in [1.807, 2.05) is 12.1 Å². The number of esters is 1. The number of primary amides is 1. The normalized spacial score (nSPS) is 14.2. The second kappa shape index (κ2) is 11.9. The molecule has 0 aliphatic carbocycles. The Labute approximate surface area is 217 Å². The molecule has 2 N–H and O–H groups in total. The van der Waals surface area contributed by atoms with Crippen LogP contribution in [0.15, 0.2) is 29.6 Å². The Bertz CT molecular complexity index is 1070. The number of carbonyl (C=O) groups is 3. The summed E-state index contributed by atoms with van der Waals surface area (Å²) in [5, 5.41) is 1.80. The van der Waals surface area contributed by atoms with Crippen LogP contribution in [0.3, 0.4) is 0 Å². The zero-order valence-corrected chi connectivity index (χ0v) is 22.7. The van der Waals surface area contributed by atoms with Gasteiger partial charge in [-0.05, 0) is 58.0 Å². The van der Waals surface area contributed by atoms with E-state index in [0.717, 1.165) is 35.8 Å². The summed E-state index contributed by atoms with van der Waals surface area (Å²) in [6.07, 6.45) is 0.122. The molecule has 0 saturated carbocycles. The molecule has 1 atom stereocenters. The van der Waals surface area contributed by atoms with Crippen LogP contribution in [0, 0.1) is 0 Å². The van der Waals surface area contributed by atoms with E-state index < -0.39 is 23.5 Å². The molecule has 1 aliphatic heterocycles. The number of hydrogen-bond donors (Lipinski definition) is 1. The van der Waals surface area contributed by atoms with Gasteiger partial charge in [0.1, 0.15) is 24.0 Å². The fourth-order valence-electron chi connectivity index (χ4n) is 4.19. The minimum Gasteiger partial charge on any atom is -0.488 e. The monoisotopic (exact) mass is 515 g/mol. The molecule has 0 bridgehead atoms. The fourth-order valence-corrected chi connectivity index (χ4v) is 5.14. The topological polar surface area (TPSA) is 102 Å². The van der Waals surface area contributed by atoms with Crippen LogP contribution in [0.5, 0.6) is 5.75 Å². The maximum absolute atomic E-state index is 13.0. The number of benzene rings is 1. The maximum Gasteiger partial charge on any atom is 0.306 e. The molecule has 0 spiro atoms. The third-order valence-electron chi connectivity index (χ3n) is 6.14. The lowest BCUT2D eigenvalue weighted by Gasteiger charge is -2.26. The van der Waals surface area contributed by atoms with Crippen LogP contribution in [0.1, 0.15) is 73.8 Å². The van der Waals surface area contributed by atoms with Crippen molar-refractivity contribution in [1.82, 2.24) is 9.80 Å². The molecule has 1 aliphatic rings. The summed E-state index contributed by atoms with van der Waals surface area (Å²) in [7, 11) is 0. The number of ether oxygens (including phenoxy) is 2. The largest absolute Gasteiger partial charge is 0.488 e. The summed E-state index contributed by atoms with van der Waals surface area (Å²) in [5.74, 6) is -0.551. The Balaban J connectivity index is 1.61. The first-order valence-corrected chi connectivity index (χ1v) is 13.3. The van der Waals surface area contributed by atoms with Crippen molar-refractivity contribution in [2.45, 2.75) is 78.8 Å². The van der Waals surface area contributed by atoms with E-state index in [9.17, 15) is 14.4 Å². The van der Waals surface area contributed by atoms with E-state index in [4.69, 9.17) is 15.2 Å². The Morgan fingerprint density at radius 2 is 1.83 bits per heavy atom. The highest BCUT2D eigenvalue weighted by Gasteiger charge is 2.38. The van der Waals surface area contributed by atoms with Crippen molar-refractivity contribution < 1.29 is 23.9 Å². The predicted octanol–water partition coefficient (Wildman–Crippen LogP) is 4.10. The van der Waals surface area contributed by atoms with Gasteiger partial charge in [-0.1, -0.05) is 26.0 Å². The Hall–Kier alpha value is -2.91. The van der Waals surface area contributed by atoms with Gasteiger partial charge in [-0.3, -0.25) is 19.3 Å². The highest BCUT2D eigenvalue weighted by molar-refractivity contribution is 7.10. The van der Waals surface area contributed by atoms with Crippen LogP contribution in [0.2, 0.25) is 0 Å². The van der Waals surface area contributed by atoms with Gasteiger partial charge in [0.25, 0.3) is 5.91 Å². The van der Waals surface area contributed by atoms with Gasteiger partial charge in [-0.15, -0.1) is 11.3 Å². The molecular weight excluding hydrogens is 478 g/mol. The number of amides is 2. The molecule has 36 heavy (non-hydrogen) atoms. The van der Waals surface area contributed by atoms with Crippen molar-refractivity contribution >= 4 is 29.1 Å². The van der Waals surface area contributed by atoms with Gasteiger partial charge in [-0.25, -0.2) is 0 Å². The van der Waals surface area contributed by atoms with Crippen LogP contribution in [0.4, 0.5) is 0 Å². The first-order chi connectivity index (χ1) is 17.0. The van der Waals surface area contributed by atoms with Crippen LogP contribution in [0.25, 0.3) is 0 Å². The molecular formula is C27H37N3O5S. The van der Waals surface area contributed by atoms with E-state index in [1.165, 1.54) is 21.8 Å². The van der Waals surface area contributed by atoms with Gasteiger partial charge in [0.05, 0.1) is 5.56 Å². The van der Waals surface area contributed by atoms with Gasteiger partial charge in [-0.2, -0.15) is 0 Å². The first-order valence-electron chi connectivity index (χ1n) is 12.4. The van der Waals surface area contributed by atoms with Gasteiger partial charge in [0.15, 0.2) is 0 Å². The smallest absolute Gasteiger partial charge is 0.306 e. The van der Waals surface area contributed by atoms with Crippen molar-refractivity contribution in [1.29, 1.82) is 0 Å². The molecule has 1 aromatic carbocycles. The minimum absolute atomic E-state index is 0.00172. The zero-order valence-electron chi connectivity index (χ0n) is 21.8. The van der Waals surface area contributed by atoms with E-state index >= 15 is 0 Å². The summed E-state index contributed by atoms with van der Waals surface area (Å²) in [4.78, 5) is 42.1. The average molecular weight is 516 g/mol. The molecule has 9 heteroatoms. The molecule has 0 saturated heterocycles. The summed E-state index contributed by atoms with van der Waals surface area (Å²) in [6.45, 7) is 13.2. The second-order valence-corrected chi connectivity index (χ2v) is 10.9. The number of nitrogens with two attached hydrogens (primary N) is 1. The average Bonchev–Trinajstić information content (AvgIpc) is 3.35. The molecule has 3 rings (SSSR count). The Morgan fingerprint density at radius 1 is 1.17 bits per heavy atom. The Kier molecular flexibility index (Phi) is 9.13. The van der Waals surface area contributed by atoms with E-state index in [2.05, 4.69) is 30.9 Å². The fraction of sp³-hybridized carbons (Fsp3) is 0.519. The summed E-state index contributed by atoms with van der Waals surface area (Å²) in [6, 6.07) is 7.18. The summed E-state index contributed by atoms with van der Waals surface area (Å²) >= 11 is 1.47. The van der Waals surface area contributed by atoms with Gasteiger partial charge in [0, 0.05) is 35.3 Å². The number of fused-ring (bicyclic) bond motifs is 1. The molecule has 2 amide bonds. The van der Waals surface area contributed by atoms with E-state index in [1.54, 1.807) is 26.2 Å². The molecule has 2 aromatic rings. The standard InChI is InChI=1S/C27H37N3O5S/c1-6-29(7-2)14-18-8-10-19(11-9-18)34-16-23-20-15-30(26(33)21(20)17-36-23)22(25(28)32)12-13-24(31)35-27(3,4)5/h8-11,17,22H,6-7,12-16H2,1-5H3,(H2,28,32). The lowest BCUT2D eigenvalue weighted by atomic mass is 10.1. The molecule has 196 valence electrons. The number of thiophene rings is 1. The van der Waals surface area contributed by atoms with Crippen LogP contribution in [-0.2, 0) is 34.0 Å². The zero-order chi connectivity index (χ0) is 26.5. The molecule has 0 radical (unpaired) electrons. The molecule has 1 unspecified atom stereocenters. The lowest BCUT2D eigenvalue weighted by molar-refractivity contribution is -0.155. The minimum atomic E-state index is -0.880. The van der Waals surface area contributed by atoms with Gasteiger partial charge < -0.3 is 20.1 Å². The van der Waals surface area contributed by atoms with Crippen molar-refractivity contribution in [2.24, 2.45) is 5.73 Å².